The molecular weight excluding hydrogens is 399 g/mol. The van der Waals surface area contributed by atoms with Gasteiger partial charge in [-0.1, -0.05) is 53.5 Å². The molecule has 5 nitrogen and oxygen atoms in total. The van der Waals surface area contributed by atoms with Crippen molar-refractivity contribution in [3.63, 3.8) is 0 Å². The summed E-state index contributed by atoms with van der Waals surface area (Å²) >= 11 is 12.8. The highest BCUT2D eigenvalue weighted by molar-refractivity contribution is 6.42. The summed E-state index contributed by atoms with van der Waals surface area (Å²) in [4.78, 5) is 30.2. The monoisotopic (exact) mass is 416 g/mol. The maximum atomic E-state index is 12.7. The molecule has 28 heavy (non-hydrogen) atoms. The van der Waals surface area contributed by atoms with Crippen LogP contribution in [-0.4, -0.2) is 34.9 Å². The smallest absolute Gasteiger partial charge is 0.328 e. The van der Waals surface area contributed by atoms with Crippen LogP contribution in [-0.2, 0) is 20.7 Å². The molecule has 0 radical (unpaired) electrons. The van der Waals surface area contributed by atoms with E-state index in [9.17, 15) is 9.59 Å². The van der Waals surface area contributed by atoms with Crippen molar-refractivity contribution in [3.8, 4) is 0 Å². The summed E-state index contributed by atoms with van der Waals surface area (Å²) in [6.07, 6.45) is 0.361. The number of para-hydroxylation sites is 1. The normalized spacial score (nSPS) is 18.8. The number of aromatic nitrogens is 1. The Morgan fingerprint density at radius 2 is 1.89 bits per heavy atom. The maximum absolute atomic E-state index is 12.7. The van der Waals surface area contributed by atoms with Gasteiger partial charge >= 0.3 is 5.97 Å². The minimum absolute atomic E-state index is 0.249. The molecular formula is C21H18Cl2N2O3. The number of carbonyl (C=O) groups is 2. The van der Waals surface area contributed by atoms with Gasteiger partial charge in [-0.15, -0.1) is 0 Å². The number of benzene rings is 2. The number of nitrogens with zero attached hydrogens (tertiary/aromatic N) is 1. The number of esters is 1. The zero-order chi connectivity index (χ0) is 20.0. The SMILES string of the molecule is COC(=O)[C@@H]1Cc2c([nH]c3ccccc23)[C@H](c2cccc(Cl)c2Cl)N1C(C)=O. The molecule has 0 unspecified atom stereocenters. The molecule has 1 amide bonds. The highest BCUT2D eigenvalue weighted by atomic mass is 35.5. The minimum atomic E-state index is -0.755. The second-order valence-electron chi connectivity index (χ2n) is 6.78. The highest BCUT2D eigenvalue weighted by Crippen LogP contribution is 2.44. The number of H-pyrrole nitrogens is 1. The van der Waals surface area contributed by atoms with Crippen LogP contribution in [0.1, 0.15) is 29.8 Å². The van der Waals surface area contributed by atoms with E-state index >= 15 is 0 Å². The Morgan fingerprint density at radius 1 is 1.14 bits per heavy atom. The van der Waals surface area contributed by atoms with Gasteiger partial charge < -0.3 is 14.6 Å². The largest absolute Gasteiger partial charge is 0.467 e. The van der Waals surface area contributed by atoms with Crippen LogP contribution in [0.25, 0.3) is 10.9 Å². The van der Waals surface area contributed by atoms with Gasteiger partial charge in [0.05, 0.1) is 23.2 Å². The molecule has 0 fully saturated rings. The van der Waals surface area contributed by atoms with Crippen molar-refractivity contribution in [1.29, 1.82) is 0 Å². The van der Waals surface area contributed by atoms with Crippen LogP contribution >= 0.6 is 23.2 Å². The summed E-state index contributed by atoms with van der Waals surface area (Å²) < 4.78 is 5.01. The van der Waals surface area contributed by atoms with E-state index in [2.05, 4.69) is 4.98 Å². The minimum Gasteiger partial charge on any atom is -0.467 e. The Balaban J connectivity index is 2.03. The van der Waals surface area contributed by atoms with Crippen molar-refractivity contribution < 1.29 is 14.3 Å². The number of halogens is 2. The third-order valence-electron chi connectivity index (χ3n) is 5.24. The summed E-state index contributed by atoms with van der Waals surface area (Å²) in [5.41, 5.74) is 3.40. The van der Waals surface area contributed by atoms with Crippen LogP contribution in [0.4, 0.5) is 0 Å². The molecule has 0 spiro atoms. The van der Waals surface area contributed by atoms with Crippen LogP contribution in [0, 0.1) is 0 Å². The number of fused-ring (bicyclic) bond motifs is 3. The molecule has 2 heterocycles. The molecule has 4 rings (SSSR count). The number of methoxy groups -OCH3 is 1. The van der Waals surface area contributed by atoms with Gasteiger partial charge in [-0.25, -0.2) is 4.79 Å². The Hall–Kier alpha value is -2.50. The van der Waals surface area contributed by atoms with Gasteiger partial charge in [0.15, 0.2) is 0 Å². The summed E-state index contributed by atoms with van der Waals surface area (Å²) in [7, 11) is 1.33. The van der Waals surface area contributed by atoms with Crippen LogP contribution in [0.15, 0.2) is 42.5 Å². The number of aromatic amines is 1. The van der Waals surface area contributed by atoms with Gasteiger partial charge in [-0.2, -0.15) is 0 Å². The topological polar surface area (TPSA) is 62.4 Å². The number of rotatable bonds is 2. The second kappa shape index (κ2) is 7.15. The number of nitrogens with one attached hydrogen (secondary N) is 1. The fourth-order valence-corrected chi connectivity index (χ4v) is 4.47. The summed E-state index contributed by atoms with van der Waals surface area (Å²) in [6, 6.07) is 11.8. The number of ether oxygens (including phenoxy) is 1. The zero-order valence-corrected chi connectivity index (χ0v) is 16.8. The van der Waals surface area contributed by atoms with Crippen molar-refractivity contribution >= 4 is 46.0 Å². The molecule has 2 aromatic carbocycles. The molecule has 144 valence electrons. The predicted octanol–water partition coefficient (Wildman–Crippen LogP) is 4.51. The standard InChI is InChI=1S/C21H18Cl2N2O3/c1-11(26)25-17(21(27)28-2)10-14-12-6-3-4-9-16(12)24-19(14)20(25)13-7-5-8-15(22)18(13)23/h3-9,17,20,24H,10H2,1-2H3/t17-,20-/m0/s1. The average molecular weight is 417 g/mol. The maximum Gasteiger partial charge on any atom is 0.328 e. The van der Waals surface area contributed by atoms with Crippen molar-refractivity contribution in [2.75, 3.05) is 7.11 Å². The summed E-state index contributed by atoms with van der Waals surface area (Å²) in [6.45, 7) is 1.44. The number of hydrogen-bond donors (Lipinski definition) is 1. The fraction of sp³-hybridized carbons (Fsp3) is 0.238. The molecule has 1 aliphatic heterocycles. The van der Waals surface area contributed by atoms with E-state index < -0.39 is 18.1 Å². The van der Waals surface area contributed by atoms with Gasteiger partial charge in [0.25, 0.3) is 0 Å². The first-order valence-corrected chi connectivity index (χ1v) is 9.59. The van der Waals surface area contributed by atoms with E-state index in [1.807, 2.05) is 30.3 Å². The van der Waals surface area contributed by atoms with E-state index in [1.165, 1.54) is 18.9 Å². The van der Waals surface area contributed by atoms with Crippen molar-refractivity contribution in [3.05, 3.63) is 69.3 Å². The van der Waals surface area contributed by atoms with E-state index in [0.29, 0.717) is 22.0 Å². The van der Waals surface area contributed by atoms with Crippen LogP contribution in [0.2, 0.25) is 10.0 Å². The molecule has 0 saturated carbocycles. The summed E-state index contributed by atoms with van der Waals surface area (Å²) in [5, 5.41) is 1.76. The van der Waals surface area contributed by atoms with Crippen molar-refractivity contribution in [2.24, 2.45) is 0 Å². The lowest BCUT2D eigenvalue weighted by atomic mass is 9.88. The molecule has 0 aliphatic carbocycles. The number of amides is 1. The molecule has 2 atom stereocenters. The first-order chi connectivity index (χ1) is 13.4. The molecule has 7 heteroatoms. The van der Waals surface area contributed by atoms with Crippen LogP contribution in [0.5, 0.6) is 0 Å². The van der Waals surface area contributed by atoms with Gasteiger partial charge in [0, 0.05) is 35.5 Å². The van der Waals surface area contributed by atoms with E-state index in [0.717, 1.165) is 22.2 Å². The molecule has 0 saturated heterocycles. The fourth-order valence-electron chi connectivity index (χ4n) is 4.06. The molecule has 1 N–H and O–H groups in total. The summed E-state index contributed by atoms with van der Waals surface area (Å²) in [5.74, 6) is -0.713. The van der Waals surface area contributed by atoms with Gasteiger partial charge in [0.2, 0.25) is 5.91 Å². The first kappa shape index (κ1) is 18.8. The van der Waals surface area contributed by atoms with Crippen LogP contribution < -0.4 is 0 Å². The molecule has 1 aliphatic rings. The van der Waals surface area contributed by atoms with Crippen molar-refractivity contribution in [2.45, 2.75) is 25.4 Å². The second-order valence-corrected chi connectivity index (χ2v) is 7.56. The van der Waals surface area contributed by atoms with Crippen LogP contribution in [0.3, 0.4) is 0 Å². The Kier molecular flexibility index (Phi) is 4.81. The lowest BCUT2D eigenvalue weighted by molar-refractivity contribution is -0.154. The van der Waals surface area contributed by atoms with Gasteiger partial charge in [-0.3, -0.25) is 4.79 Å². The lowest BCUT2D eigenvalue weighted by Crippen LogP contribution is -2.51. The number of carbonyl (C=O) groups excluding carboxylic acids is 2. The lowest BCUT2D eigenvalue weighted by Gasteiger charge is -2.40. The van der Waals surface area contributed by atoms with E-state index in [4.69, 9.17) is 27.9 Å². The predicted molar refractivity (Wildman–Crippen MR) is 109 cm³/mol. The Bertz CT molecular complexity index is 1090. The van der Waals surface area contributed by atoms with Gasteiger partial charge in [-0.05, 0) is 17.7 Å². The average Bonchev–Trinajstić information content (AvgIpc) is 3.06. The van der Waals surface area contributed by atoms with E-state index in [-0.39, 0.29) is 5.91 Å². The Morgan fingerprint density at radius 3 is 2.61 bits per heavy atom. The highest BCUT2D eigenvalue weighted by Gasteiger charge is 2.43. The third kappa shape index (κ3) is 2.86. The number of hydrogen-bond acceptors (Lipinski definition) is 3. The van der Waals surface area contributed by atoms with E-state index in [1.54, 1.807) is 12.1 Å². The zero-order valence-electron chi connectivity index (χ0n) is 15.3. The Labute approximate surface area is 172 Å². The molecule has 0 bridgehead atoms. The molecule has 1 aromatic heterocycles. The molecule has 3 aromatic rings. The van der Waals surface area contributed by atoms with Crippen molar-refractivity contribution in [1.82, 2.24) is 9.88 Å². The third-order valence-corrected chi connectivity index (χ3v) is 6.08. The van der Waals surface area contributed by atoms with Gasteiger partial charge in [0.1, 0.15) is 6.04 Å². The first-order valence-electron chi connectivity index (χ1n) is 8.84. The quantitative estimate of drug-likeness (QED) is 0.625.